The molecule has 0 unspecified atom stereocenters. The molecule has 2 atom stereocenters. The molecule has 0 aliphatic carbocycles. The summed E-state index contributed by atoms with van der Waals surface area (Å²) in [4.78, 5) is 21.6. The number of piperazine rings is 1. The largest absolute Gasteiger partial charge is 0.366 e. The van der Waals surface area contributed by atoms with Crippen molar-refractivity contribution in [1.29, 1.82) is 0 Å². The Bertz CT molecular complexity index is 1060. The maximum Gasteiger partial charge on any atom is 0.258 e. The van der Waals surface area contributed by atoms with E-state index in [1.54, 1.807) is 18.3 Å². The number of likely N-dealkylation sites (N-methyl/N-ethyl adjacent to an activating group) is 1. The second-order valence-corrected chi connectivity index (χ2v) is 7.63. The van der Waals surface area contributed by atoms with Crippen molar-refractivity contribution in [2.75, 3.05) is 30.4 Å². The minimum atomic E-state index is -0.501. The molecule has 5 nitrogen and oxygen atoms in total. The van der Waals surface area contributed by atoms with Crippen LogP contribution in [0.25, 0.3) is 10.9 Å². The first-order chi connectivity index (χ1) is 13.6. The molecule has 1 N–H and O–H groups in total. The summed E-state index contributed by atoms with van der Waals surface area (Å²) < 4.78 is 14.8. The van der Waals surface area contributed by atoms with Crippen molar-refractivity contribution in [3.63, 3.8) is 0 Å². The normalized spacial score (nSPS) is 21.4. The lowest BCUT2D eigenvalue weighted by Gasteiger charge is -2.33. The summed E-state index contributed by atoms with van der Waals surface area (Å²) in [6.45, 7) is 1.91. The Labute approximate surface area is 162 Å². The van der Waals surface area contributed by atoms with Gasteiger partial charge in [-0.15, -0.1) is 0 Å². The average Bonchev–Trinajstić information content (AvgIpc) is 3.27. The van der Waals surface area contributed by atoms with E-state index >= 15 is 0 Å². The first-order valence-corrected chi connectivity index (χ1v) is 9.51. The van der Waals surface area contributed by atoms with E-state index in [9.17, 15) is 9.18 Å². The number of nitrogens with zero attached hydrogens (tertiary/aromatic N) is 3. The van der Waals surface area contributed by atoms with Gasteiger partial charge in [-0.1, -0.05) is 18.2 Å². The summed E-state index contributed by atoms with van der Waals surface area (Å²) in [5.41, 5.74) is 2.15. The van der Waals surface area contributed by atoms with Gasteiger partial charge in [-0.2, -0.15) is 0 Å². The third-order valence-corrected chi connectivity index (χ3v) is 5.92. The quantitative estimate of drug-likeness (QED) is 0.760. The fourth-order valence-corrected chi connectivity index (χ4v) is 4.44. The van der Waals surface area contributed by atoms with Crippen LogP contribution in [0.4, 0.5) is 15.8 Å². The van der Waals surface area contributed by atoms with Gasteiger partial charge in [-0.3, -0.25) is 14.7 Å². The summed E-state index contributed by atoms with van der Waals surface area (Å²) in [5, 5.41) is 3.72. The predicted molar refractivity (Wildman–Crippen MR) is 108 cm³/mol. The molecule has 1 amide bonds. The number of fused-ring (bicyclic) bond motifs is 3. The van der Waals surface area contributed by atoms with Crippen molar-refractivity contribution in [1.82, 2.24) is 9.88 Å². The number of pyridine rings is 1. The van der Waals surface area contributed by atoms with Crippen molar-refractivity contribution >= 4 is 28.2 Å². The molecule has 142 valence electrons. The van der Waals surface area contributed by atoms with Gasteiger partial charge >= 0.3 is 0 Å². The number of carbonyl (C=O) groups is 1. The van der Waals surface area contributed by atoms with Gasteiger partial charge in [-0.25, -0.2) is 4.39 Å². The maximum absolute atomic E-state index is 14.8. The number of para-hydroxylation sites is 1. The predicted octanol–water partition coefficient (Wildman–Crippen LogP) is 3.52. The highest BCUT2D eigenvalue weighted by atomic mass is 19.1. The molecular formula is C22H21FN4O. The minimum Gasteiger partial charge on any atom is -0.366 e. The molecule has 2 fully saturated rings. The lowest BCUT2D eigenvalue weighted by molar-refractivity contribution is 0.102. The second kappa shape index (κ2) is 6.56. The molecule has 2 saturated heterocycles. The van der Waals surface area contributed by atoms with Crippen LogP contribution in [0, 0.1) is 5.82 Å². The van der Waals surface area contributed by atoms with Crippen molar-refractivity contribution < 1.29 is 9.18 Å². The van der Waals surface area contributed by atoms with E-state index in [2.05, 4.69) is 27.1 Å². The van der Waals surface area contributed by atoms with E-state index in [0.717, 1.165) is 30.6 Å². The Morgan fingerprint density at radius 2 is 2.00 bits per heavy atom. The van der Waals surface area contributed by atoms with E-state index in [1.165, 1.54) is 6.07 Å². The topological polar surface area (TPSA) is 48.5 Å². The standard InChI is InChI=1S/C22H21FN4O/c1-26-12-17-10-16(26)13-27(17)15-7-8-18(19(23)11-15)22(28)25-20-6-2-4-14-5-3-9-24-21(14)20/h2-9,11,16-17H,10,12-13H2,1H3,(H,25,28)/t16-,17+/m0/s1. The van der Waals surface area contributed by atoms with Crippen molar-refractivity contribution in [3.8, 4) is 0 Å². The van der Waals surface area contributed by atoms with Crippen molar-refractivity contribution in [3.05, 3.63) is 66.1 Å². The smallest absolute Gasteiger partial charge is 0.258 e. The third-order valence-electron chi connectivity index (χ3n) is 5.92. The maximum atomic E-state index is 14.8. The van der Waals surface area contributed by atoms with Crippen LogP contribution in [0.3, 0.4) is 0 Å². The van der Waals surface area contributed by atoms with E-state index < -0.39 is 11.7 Å². The molecular weight excluding hydrogens is 355 g/mol. The second-order valence-electron chi connectivity index (χ2n) is 7.63. The van der Waals surface area contributed by atoms with Gasteiger partial charge in [0, 0.05) is 42.4 Å². The molecule has 0 spiro atoms. The highest BCUT2D eigenvalue weighted by Crippen LogP contribution is 2.34. The highest BCUT2D eigenvalue weighted by molar-refractivity contribution is 6.08. The Kier molecular flexibility index (Phi) is 4.02. The number of nitrogens with one attached hydrogen (secondary N) is 1. The Morgan fingerprint density at radius 3 is 2.75 bits per heavy atom. The SMILES string of the molecule is CN1C[C@H]2C[C@H]1CN2c1ccc(C(=O)Nc2cccc3cccnc23)c(F)c1. The van der Waals surface area contributed by atoms with Crippen molar-refractivity contribution in [2.45, 2.75) is 18.5 Å². The van der Waals surface area contributed by atoms with Crippen LogP contribution >= 0.6 is 0 Å². The van der Waals surface area contributed by atoms with E-state index in [-0.39, 0.29) is 5.56 Å². The van der Waals surface area contributed by atoms with Crippen LogP contribution in [0.2, 0.25) is 0 Å². The lowest BCUT2D eigenvalue weighted by Crippen LogP contribution is -2.44. The zero-order chi connectivity index (χ0) is 19.3. The molecule has 6 heteroatoms. The van der Waals surface area contributed by atoms with Crippen LogP contribution in [-0.2, 0) is 0 Å². The number of rotatable bonds is 3. The number of likely N-dealkylation sites (tertiary alicyclic amines) is 1. The van der Waals surface area contributed by atoms with Gasteiger partial charge in [-0.05, 0) is 43.8 Å². The number of amides is 1. The van der Waals surface area contributed by atoms with Crippen LogP contribution in [-0.4, -0.2) is 48.0 Å². The molecule has 28 heavy (non-hydrogen) atoms. The van der Waals surface area contributed by atoms with Gasteiger partial charge in [0.05, 0.1) is 16.8 Å². The lowest BCUT2D eigenvalue weighted by atomic mass is 10.1. The molecule has 2 bridgehead atoms. The van der Waals surface area contributed by atoms with E-state index in [4.69, 9.17) is 0 Å². The molecule has 2 aliphatic heterocycles. The van der Waals surface area contributed by atoms with Gasteiger partial charge in [0.1, 0.15) is 5.82 Å². The number of halogens is 1. The first kappa shape index (κ1) is 17.1. The Balaban J connectivity index is 1.38. The van der Waals surface area contributed by atoms with E-state index in [0.29, 0.717) is 23.3 Å². The number of benzene rings is 2. The van der Waals surface area contributed by atoms with Gasteiger partial charge in [0.25, 0.3) is 5.91 Å². The molecule has 3 aromatic rings. The van der Waals surface area contributed by atoms with Crippen LogP contribution < -0.4 is 10.2 Å². The Morgan fingerprint density at radius 1 is 1.14 bits per heavy atom. The summed E-state index contributed by atoms with van der Waals surface area (Å²) in [6, 6.07) is 15.2. The van der Waals surface area contributed by atoms with Crippen LogP contribution in [0.1, 0.15) is 16.8 Å². The number of anilines is 2. The molecule has 3 heterocycles. The third kappa shape index (κ3) is 2.81. The van der Waals surface area contributed by atoms with Crippen molar-refractivity contribution in [2.24, 2.45) is 0 Å². The molecule has 2 aromatic carbocycles. The number of aromatic nitrogens is 1. The number of hydrogen-bond donors (Lipinski definition) is 1. The molecule has 5 rings (SSSR count). The number of hydrogen-bond acceptors (Lipinski definition) is 4. The van der Waals surface area contributed by atoms with E-state index in [1.807, 2.05) is 30.3 Å². The van der Waals surface area contributed by atoms with Gasteiger partial charge in [0.15, 0.2) is 0 Å². The van der Waals surface area contributed by atoms with Crippen LogP contribution in [0.15, 0.2) is 54.7 Å². The minimum absolute atomic E-state index is 0.0400. The fourth-order valence-electron chi connectivity index (χ4n) is 4.44. The molecule has 0 radical (unpaired) electrons. The average molecular weight is 376 g/mol. The Hall–Kier alpha value is -2.99. The fraction of sp³-hybridized carbons (Fsp3) is 0.273. The molecule has 2 aliphatic rings. The zero-order valence-electron chi connectivity index (χ0n) is 15.6. The van der Waals surface area contributed by atoms with Gasteiger partial charge < -0.3 is 10.2 Å². The summed E-state index contributed by atoms with van der Waals surface area (Å²) in [5.74, 6) is -0.968. The van der Waals surface area contributed by atoms with Gasteiger partial charge in [0.2, 0.25) is 0 Å². The number of carbonyl (C=O) groups excluding carboxylic acids is 1. The molecule has 0 saturated carbocycles. The van der Waals surface area contributed by atoms with Crippen LogP contribution in [0.5, 0.6) is 0 Å². The zero-order valence-corrected chi connectivity index (χ0v) is 15.6. The molecule has 1 aromatic heterocycles. The summed E-state index contributed by atoms with van der Waals surface area (Å²) >= 11 is 0. The highest BCUT2D eigenvalue weighted by Gasteiger charge is 2.41. The monoisotopic (exact) mass is 376 g/mol. The summed E-state index contributed by atoms with van der Waals surface area (Å²) in [7, 11) is 2.14. The summed E-state index contributed by atoms with van der Waals surface area (Å²) in [6.07, 6.45) is 2.79. The first-order valence-electron chi connectivity index (χ1n) is 9.51.